The number of hydrogen-bond acceptors (Lipinski definition) is 5. The second-order valence-electron chi connectivity index (χ2n) is 4.65. The highest BCUT2D eigenvalue weighted by Crippen LogP contribution is 2.30. The average molecular weight is 424 g/mol. The second kappa shape index (κ2) is 6.48. The quantitative estimate of drug-likeness (QED) is 0.766. The van der Waals surface area contributed by atoms with Crippen LogP contribution in [-0.4, -0.2) is 30.5 Å². The molecular weight excluding hydrogens is 415 g/mol. The van der Waals surface area contributed by atoms with Gasteiger partial charge < -0.3 is 5.32 Å². The first-order valence-electron chi connectivity index (χ1n) is 6.19. The summed E-state index contributed by atoms with van der Waals surface area (Å²) in [5.74, 6) is -0.881. The van der Waals surface area contributed by atoms with E-state index in [0.717, 1.165) is 30.7 Å². The van der Waals surface area contributed by atoms with Gasteiger partial charge in [-0.15, -0.1) is 0 Å². The molecule has 1 aromatic heterocycles. The number of carbonyl (C=O) groups excluding carboxylic acids is 1. The SMILES string of the molecule is CS(=O)(=O)c1ncc(Br)c(C(=O)Nc2cccc(C(F)(F)F)c2)n1. The van der Waals surface area contributed by atoms with Gasteiger partial charge in [0.15, 0.2) is 0 Å². The highest BCUT2D eigenvalue weighted by Gasteiger charge is 2.30. The van der Waals surface area contributed by atoms with Crippen molar-refractivity contribution in [2.24, 2.45) is 0 Å². The van der Waals surface area contributed by atoms with Gasteiger partial charge in [-0.25, -0.2) is 18.4 Å². The Bertz CT molecular complexity index is 901. The van der Waals surface area contributed by atoms with E-state index in [4.69, 9.17) is 0 Å². The number of aromatic nitrogens is 2. The third-order valence-electron chi connectivity index (χ3n) is 2.72. The van der Waals surface area contributed by atoms with E-state index in [0.29, 0.717) is 0 Å². The summed E-state index contributed by atoms with van der Waals surface area (Å²) in [4.78, 5) is 19.4. The Morgan fingerprint density at radius 3 is 2.54 bits per heavy atom. The molecule has 0 atom stereocenters. The Morgan fingerprint density at radius 1 is 1.29 bits per heavy atom. The molecule has 0 fully saturated rings. The zero-order chi connectivity index (χ0) is 18.1. The summed E-state index contributed by atoms with van der Waals surface area (Å²) in [6.07, 6.45) is -2.62. The highest BCUT2D eigenvalue weighted by atomic mass is 79.9. The molecule has 24 heavy (non-hydrogen) atoms. The van der Waals surface area contributed by atoms with Gasteiger partial charge in [0, 0.05) is 18.1 Å². The van der Waals surface area contributed by atoms with E-state index in [-0.39, 0.29) is 15.9 Å². The van der Waals surface area contributed by atoms with Crippen LogP contribution in [0.4, 0.5) is 18.9 Å². The molecular formula is C13H9BrF3N3O3S. The van der Waals surface area contributed by atoms with Gasteiger partial charge in [0.1, 0.15) is 5.69 Å². The largest absolute Gasteiger partial charge is 0.416 e. The van der Waals surface area contributed by atoms with Gasteiger partial charge in [0.2, 0.25) is 15.0 Å². The Kier molecular flexibility index (Phi) is 4.95. The van der Waals surface area contributed by atoms with Crippen molar-refractivity contribution in [3.63, 3.8) is 0 Å². The van der Waals surface area contributed by atoms with Crippen LogP contribution in [0, 0.1) is 0 Å². The lowest BCUT2D eigenvalue weighted by molar-refractivity contribution is -0.137. The first-order valence-corrected chi connectivity index (χ1v) is 8.88. The molecule has 128 valence electrons. The lowest BCUT2D eigenvalue weighted by atomic mass is 10.2. The predicted molar refractivity (Wildman–Crippen MR) is 82.2 cm³/mol. The second-order valence-corrected chi connectivity index (χ2v) is 7.42. The van der Waals surface area contributed by atoms with Crippen molar-refractivity contribution in [2.75, 3.05) is 11.6 Å². The summed E-state index contributed by atoms with van der Waals surface area (Å²) in [6, 6.07) is 4.01. The standard InChI is InChI=1S/C13H9BrF3N3O3S/c1-24(22,23)12-18-6-9(14)10(20-12)11(21)19-8-4-2-3-7(5-8)13(15,16)17/h2-6H,1H3,(H,19,21). The molecule has 11 heteroatoms. The summed E-state index contributed by atoms with van der Waals surface area (Å²) in [5.41, 5.74) is -1.36. The molecule has 1 heterocycles. The molecule has 0 radical (unpaired) electrons. The third-order valence-corrected chi connectivity index (χ3v) is 4.16. The summed E-state index contributed by atoms with van der Waals surface area (Å²) < 4.78 is 61.0. The van der Waals surface area contributed by atoms with E-state index in [9.17, 15) is 26.4 Å². The molecule has 0 unspecified atom stereocenters. The number of carbonyl (C=O) groups is 1. The van der Waals surface area contributed by atoms with E-state index in [1.54, 1.807) is 0 Å². The minimum absolute atomic E-state index is 0.0966. The smallest absolute Gasteiger partial charge is 0.321 e. The minimum Gasteiger partial charge on any atom is -0.321 e. The predicted octanol–water partition coefficient (Wildman–Crippen LogP) is 2.91. The normalized spacial score (nSPS) is 12.0. The van der Waals surface area contributed by atoms with Crippen molar-refractivity contribution in [3.8, 4) is 0 Å². The summed E-state index contributed by atoms with van der Waals surface area (Å²) in [7, 11) is -3.75. The van der Waals surface area contributed by atoms with Crippen molar-refractivity contribution in [2.45, 2.75) is 11.3 Å². The van der Waals surface area contributed by atoms with Gasteiger partial charge in [-0.05, 0) is 34.1 Å². The number of amides is 1. The van der Waals surface area contributed by atoms with Gasteiger partial charge in [0.05, 0.1) is 10.0 Å². The van der Waals surface area contributed by atoms with Crippen molar-refractivity contribution < 1.29 is 26.4 Å². The first-order chi connectivity index (χ1) is 11.0. The van der Waals surface area contributed by atoms with E-state index >= 15 is 0 Å². The number of nitrogens with one attached hydrogen (secondary N) is 1. The minimum atomic E-state index is -4.56. The maximum absolute atomic E-state index is 12.7. The summed E-state index contributed by atoms with van der Waals surface area (Å²) in [5, 5.41) is 1.67. The highest BCUT2D eigenvalue weighted by molar-refractivity contribution is 9.10. The Labute approximate surface area is 143 Å². The Hall–Kier alpha value is -2.01. The molecule has 2 rings (SSSR count). The lowest BCUT2D eigenvalue weighted by Crippen LogP contribution is -2.17. The van der Waals surface area contributed by atoms with Gasteiger partial charge in [-0.2, -0.15) is 13.2 Å². The summed E-state index contributed by atoms with van der Waals surface area (Å²) in [6.45, 7) is 0. The molecule has 1 aromatic carbocycles. The lowest BCUT2D eigenvalue weighted by Gasteiger charge is -2.10. The molecule has 1 amide bonds. The van der Waals surface area contributed by atoms with Crippen molar-refractivity contribution in [1.82, 2.24) is 9.97 Å². The van der Waals surface area contributed by atoms with Gasteiger partial charge in [-0.3, -0.25) is 4.79 Å². The number of halogens is 4. The molecule has 0 aliphatic heterocycles. The zero-order valence-corrected chi connectivity index (χ0v) is 14.3. The number of hydrogen-bond donors (Lipinski definition) is 1. The zero-order valence-electron chi connectivity index (χ0n) is 11.9. The first kappa shape index (κ1) is 18.3. The molecule has 6 nitrogen and oxygen atoms in total. The van der Waals surface area contributed by atoms with E-state index in [1.165, 1.54) is 6.07 Å². The molecule has 0 bridgehead atoms. The number of alkyl halides is 3. The summed E-state index contributed by atoms with van der Waals surface area (Å²) >= 11 is 3.00. The Balaban J connectivity index is 2.34. The van der Waals surface area contributed by atoms with Crippen LogP contribution in [0.15, 0.2) is 40.1 Å². The Morgan fingerprint density at radius 2 is 1.96 bits per heavy atom. The monoisotopic (exact) mass is 423 g/mol. The van der Waals surface area contributed by atoms with Crippen molar-refractivity contribution in [3.05, 3.63) is 46.2 Å². The van der Waals surface area contributed by atoms with E-state index in [2.05, 4.69) is 31.2 Å². The van der Waals surface area contributed by atoms with Crippen LogP contribution in [0.25, 0.3) is 0 Å². The maximum Gasteiger partial charge on any atom is 0.416 e. The topological polar surface area (TPSA) is 89.0 Å². The maximum atomic E-state index is 12.7. The molecule has 0 spiro atoms. The van der Waals surface area contributed by atoms with Crippen LogP contribution < -0.4 is 5.32 Å². The molecule has 0 saturated carbocycles. The van der Waals surface area contributed by atoms with E-state index < -0.39 is 32.6 Å². The van der Waals surface area contributed by atoms with Crippen LogP contribution in [0.2, 0.25) is 0 Å². The van der Waals surface area contributed by atoms with Crippen LogP contribution in [0.5, 0.6) is 0 Å². The van der Waals surface area contributed by atoms with Crippen LogP contribution in [0.3, 0.4) is 0 Å². The third kappa shape index (κ3) is 4.29. The number of rotatable bonds is 3. The molecule has 0 aliphatic rings. The fraction of sp³-hybridized carbons (Fsp3) is 0.154. The molecule has 0 saturated heterocycles. The van der Waals surface area contributed by atoms with Crippen LogP contribution in [0.1, 0.15) is 16.1 Å². The van der Waals surface area contributed by atoms with E-state index in [1.807, 2.05) is 0 Å². The fourth-order valence-electron chi connectivity index (χ4n) is 1.65. The van der Waals surface area contributed by atoms with Crippen molar-refractivity contribution in [1.29, 1.82) is 0 Å². The van der Waals surface area contributed by atoms with Crippen molar-refractivity contribution >= 4 is 37.4 Å². The molecule has 0 aliphatic carbocycles. The number of benzene rings is 1. The van der Waals surface area contributed by atoms with Gasteiger partial charge in [0.25, 0.3) is 5.91 Å². The van der Waals surface area contributed by atoms with Crippen LogP contribution >= 0.6 is 15.9 Å². The fourth-order valence-corrected chi connectivity index (χ4v) is 2.52. The molecule has 1 N–H and O–H groups in total. The van der Waals surface area contributed by atoms with Gasteiger partial charge >= 0.3 is 6.18 Å². The average Bonchev–Trinajstić information content (AvgIpc) is 2.45. The number of anilines is 1. The number of sulfone groups is 1. The molecule has 2 aromatic rings. The number of nitrogens with zero attached hydrogens (tertiary/aromatic N) is 2. The van der Waals surface area contributed by atoms with Gasteiger partial charge in [-0.1, -0.05) is 6.07 Å². The van der Waals surface area contributed by atoms with Crippen LogP contribution in [-0.2, 0) is 16.0 Å².